The third-order valence-corrected chi connectivity index (χ3v) is 3.87. The van der Waals surface area contributed by atoms with Crippen LogP contribution in [0.3, 0.4) is 0 Å². The number of carbonyl (C=O) groups is 1. The maximum Gasteiger partial charge on any atom is 0.339 e. The van der Waals surface area contributed by atoms with Gasteiger partial charge in [-0.2, -0.15) is 0 Å². The van der Waals surface area contributed by atoms with Crippen LogP contribution in [0.4, 0.5) is 0 Å². The summed E-state index contributed by atoms with van der Waals surface area (Å²) in [6.07, 6.45) is 0. The summed E-state index contributed by atoms with van der Waals surface area (Å²) >= 11 is 0. The van der Waals surface area contributed by atoms with Gasteiger partial charge >= 0.3 is 5.97 Å². The van der Waals surface area contributed by atoms with Gasteiger partial charge in [0, 0.05) is 19.2 Å². The van der Waals surface area contributed by atoms with Crippen molar-refractivity contribution < 1.29 is 27.8 Å². The van der Waals surface area contributed by atoms with E-state index in [2.05, 4.69) is 4.72 Å². The number of sulfonamides is 1. The molecule has 0 saturated heterocycles. The minimum Gasteiger partial charge on any atom is -0.493 e. The van der Waals surface area contributed by atoms with Gasteiger partial charge in [-0.3, -0.25) is 0 Å². The minimum atomic E-state index is -3.86. The Morgan fingerprint density at radius 3 is 2.45 bits per heavy atom. The van der Waals surface area contributed by atoms with Crippen LogP contribution in [-0.2, 0) is 10.0 Å². The molecule has 0 radical (unpaired) electrons. The molecule has 1 aromatic carbocycles. The zero-order chi connectivity index (χ0) is 15.3. The van der Waals surface area contributed by atoms with E-state index in [0.717, 1.165) is 6.07 Å². The average molecular weight is 304 g/mol. The molecule has 0 aromatic heterocycles. The summed E-state index contributed by atoms with van der Waals surface area (Å²) in [6, 6.07) is 2.19. The van der Waals surface area contributed by atoms with Crippen molar-refractivity contribution in [2.75, 3.05) is 27.3 Å². The molecule has 0 aliphatic rings. The normalized spacial score (nSPS) is 11.2. The Morgan fingerprint density at radius 1 is 1.35 bits per heavy atom. The number of hydrogen-bond donors (Lipinski definition) is 3. The molecule has 0 fully saturated rings. The Bertz CT molecular complexity index is 599. The fourth-order valence-electron chi connectivity index (χ4n) is 1.53. The van der Waals surface area contributed by atoms with E-state index in [1.165, 1.54) is 20.3 Å². The lowest BCUT2D eigenvalue weighted by Crippen LogP contribution is -2.29. The molecular weight excluding hydrogens is 288 g/mol. The van der Waals surface area contributed by atoms with E-state index in [0.29, 0.717) is 0 Å². The van der Waals surface area contributed by atoms with Gasteiger partial charge in [-0.1, -0.05) is 0 Å². The molecule has 0 atom stereocenters. The molecule has 1 rings (SSSR count). The quantitative estimate of drug-likeness (QED) is 0.627. The Hall–Kier alpha value is -1.84. The van der Waals surface area contributed by atoms with Crippen LogP contribution >= 0.6 is 0 Å². The first-order valence-electron chi connectivity index (χ1n) is 5.56. The molecule has 1 aromatic rings. The monoisotopic (exact) mass is 304 g/mol. The molecule has 20 heavy (non-hydrogen) atoms. The summed E-state index contributed by atoms with van der Waals surface area (Å²) in [5, 5.41) is 9.11. The van der Waals surface area contributed by atoms with Crippen LogP contribution in [0, 0.1) is 0 Å². The van der Waals surface area contributed by atoms with Crippen molar-refractivity contribution in [2.24, 2.45) is 5.73 Å². The molecule has 0 aliphatic heterocycles. The third-order valence-electron chi connectivity index (χ3n) is 2.43. The van der Waals surface area contributed by atoms with Crippen LogP contribution in [-0.4, -0.2) is 46.8 Å². The summed E-state index contributed by atoms with van der Waals surface area (Å²) in [5.74, 6) is -1.35. The van der Waals surface area contributed by atoms with Gasteiger partial charge in [0.05, 0.1) is 19.1 Å². The van der Waals surface area contributed by atoms with Crippen LogP contribution in [0.1, 0.15) is 10.4 Å². The molecule has 112 valence electrons. The fraction of sp³-hybridized carbons (Fsp3) is 0.364. The van der Waals surface area contributed by atoms with Crippen molar-refractivity contribution >= 4 is 16.0 Å². The van der Waals surface area contributed by atoms with E-state index in [9.17, 15) is 13.2 Å². The second-order valence-corrected chi connectivity index (χ2v) is 5.46. The van der Waals surface area contributed by atoms with E-state index < -0.39 is 16.0 Å². The van der Waals surface area contributed by atoms with Gasteiger partial charge in [0.1, 0.15) is 5.56 Å². The van der Waals surface area contributed by atoms with E-state index in [1.807, 2.05) is 0 Å². The number of ether oxygens (including phenoxy) is 2. The van der Waals surface area contributed by atoms with Crippen molar-refractivity contribution in [1.29, 1.82) is 0 Å². The number of rotatable bonds is 7. The predicted octanol–water partition coefficient (Wildman–Crippen LogP) is -0.361. The molecule has 0 saturated carbocycles. The van der Waals surface area contributed by atoms with Gasteiger partial charge in [-0.15, -0.1) is 0 Å². The van der Waals surface area contributed by atoms with Gasteiger partial charge in [-0.05, 0) is 6.07 Å². The highest BCUT2D eigenvalue weighted by Gasteiger charge is 2.23. The number of methoxy groups -OCH3 is 2. The van der Waals surface area contributed by atoms with Gasteiger partial charge in [0.2, 0.25) is 10.0 Å². The number of nitrogens with two attached hydrogens (primary N) is 1. The zero-order valence-electron chi connectivity index (χ0n) is 11.0. The topological polar surface area (TPSA) is 128 Å². The first-order chi connectivity index (χ1) is 9.37. The van der Waals surface area contributed by atoms with Gasteiger partial charge < -0.3 is 20.3 Å². The molecule has 0 amide bonds. The lowest BCUT2D eigenvalue weighted by atomic mass is 10.2. The highest BCUT2D eigenvalue weighted by atomic mass is 32.2. The summed E-state index contributed by atoms with van der Waals surface area (Å²) in [6.45, 7) is 0.164. The lowest BCUT2D eigenvalue weighted by molar-refractivity contribution is 0.0692. The third kappa shape index (κ3) is 3.38. The Labute approximate surface area is 116 Å². The number of hydrogen-bond acceptors (Lipinski definition) is 6. The van der Waals surface area contributed by atoms with Crippen molar-refractivity contribution in [3.63, 3.8) is 0 Å². The summed E-state index contributed by atoms with van der Waals surface area (Å²) in [4.78, 5) is 10.9. The number of carboxylic acids is 1. The predicted molar refractivity (Wildman–Crippen MR) is 70.7 cm³/mol. The number of carboxylic acid groups (broad SMARTS) is 1. The van der Waals surface area contributed by atoms with Crippen LogP contribution in [0.25, 0.3) is 0 Å². The highest BCUT2D eigenvalue weighted by molar-refractivity contribution is 7.89. The van der Waals surface area contributed by atoms with Crippen LogP contribution in [0.2, 0.25) is 0 Å². The Morgan fingerprint density at radius 2 is 2.00 bits per heavy atom. The first kappa shape index (κ1) is 16.2. The van der Waals surface area contributed by atoms with Gasteiger partial charge in [-0.25, -0.2) is 17.9 Å². The Balaban J connectivity index is 3.43. The molecule has 0 spiro atoms. The van der Waals surface area contributed by atoms with Crippen molar-refractivity contribution in [3.8, 4) is 11.5 Å². The Kier molecular flexibility index (Phi) is 5.31. The molecule has 0 heterocycles. The largest absolute Gasteiger partial charge is 0.493 e. The molecule has 0 unspecified atom stereocenters. The summed E-state index contributed by atoms with van der Waals surface area (Å²) in [7, 11) is -1.31. The van der Waals surface area contributed by atoms with Gasteiger partial charge in [0.25, 0.3) is 0 Å². The van der Waals surface area contributed by atoms with Crippen molar-refractivity contribution in [3.05, 3.63) is 17.7 Å². The number of benzene rings is 1. The fourth-order valence-corrected chi connectivity index (χ4v) is 2.62. The number of aromatic carboxylic acids is 1. The SMILES string of the molecule is COc1cc(S(=O)(=O)NCCN)cc(C(=O)O)c1OC. The summed E-state index contributed by atoms with van der Waals surface area (Å²) in [5.41, 5.74) is 4.92. The van der Waals surface area contributed by atoms with Crippen LogP contribution < -0.4 is 19.9 Å². The highest BCUT2D eigenvalue weighted by Crippen LogP contribution is 2.34. The molecule has 0 aliphatic carbocycles. The maximum absolute atomic E-state index is 12.0. The van der Waals surface area contributed by atoms with Crippen LogP contribution in [0.5, 0.6) is 11.5 Å². The van der Waals surface area contributed by atoms with E-state index >= 15 is 0 Å². The molecule has 0 bridgehead atoms. The summed E-state index contributed by atoms with van der Waals surface area (Å²) < 4.78 is 36.1. The molecule has 9 heteroatoms. The first-order valence-corrected chi connectivity index (χ1v) is 7.04. The second kappa shape index (κ2) is 6.55. The standard InChI is InChI=1S/C11H16N2O6S/c1-18-9-6-7(20(16,17)13-4-3-12)5-8(11(14)15)10(9)19-2/h5-6,13H,3-4,12H2,1-2H3,(H,14,15). The molecule has 4 N–H and O–H groups in total. The van der Waals surface area contributed by atoms with Crippen molar-refractivity contribution in [2.45, 2.75) is 4.90 Å². The maximum atomic E-state index is 12.0. The molecule has 8 nitrogen and oxygen atoms in total. The zero-order valence-corrected chi connectivity index (χ0v) is 11.9. The van der Waals surface area contributed by atoms with Crippen LogP contribution in [0.15, 0.2) is 17.0 Å². The second-order valence-electron chi connectivity index (χ2n) is 3.70. The average Bonchev–Trinajstić information content (AvgIpc) is 2.43. The van der Waals surface area contributed by atoms with Crippen molar-refractivity contribution in [1.82, 2.24) is 4.72 Å². The molecular formula is C11H16N2O6S. The minimum absolute atomic E-state index is 0.0144. The lowest BCUT2D eigenvalue weighted by Gasteiger charge is -2.13. The van der Waals surface area contributed by atoms with Gasteiger partial charge in [0.15, 0.2) is 11.5 Å². The van der Waals surface area contributed by atoms with E-state index in [1.54, 1.807) is 0 Å². The number of nitrogens with one attached hydrogen (secondary N) is 1. The van der Waals surface area contributed by atoms with E-state index in [4.69, 9.17) is 20.3 Å². The smallest absolute Gasteiger partial charge is 0.339 e. The van der Waals surface area contributed by atoms with E-state index in [-0.39, 0.29) is 35.0 Å².